The molecule has 1 aromatic carbocycles. The molecule has 0 saturated heterocycles. The Labute approximate surface area is 94.3 Å². The fourth-order valence-corrected chi connectivity index (χ4v) is 1.79. The van der Waals surface area contributed by atoms with Gasteiger partial charge in [-0.1, -0.05) is 37.1 Å². The van der Waals surface area contributed by atoms with Gasteiger partial charge in [0.05, 0.1) is 5.52 Å². The van der Waals surface area contributed by atoms with Crippen molar-refractivity contribution in [2.24, 2.45) is 0 Å². The van der Waals surface area contributed by atoms with Crippen LogP contribution in [0.1, 0.15) is 25.6 Å². The summed E-state index contributed by atoms with van der Waals surface area (Å²) < 4.78 is 0. The maximum Gasteiger partial charge on any atom is 0.140 e. The highest BCUT2D eigenvalue weighted by atomic mass is 35.5. The van der Waals surface area contributed by atoms with Crippen molar-refractivity contribution in [2.75, 3.05) is 0 Å². The van der Waals surface area contributed by atoms with E-state index in [0.29, 0.717) is 5.15 Å². The molecule has 1 heterocycles. The molecule has 0 amide bonds. The monoisotopic (exact) mass is 220 g/mol. The molecule has 0 aliphatic rings. The molecule has 15 heavy (non-hydrogen) atoms. The van der Waals surface area contributed by atoms with Gasteiger partial charge in [-0.05, 0) is 18.6 Å². The Morgan fingerprint density at radius 3 is 2.80 bits per heavy atom. The van der Waals surface area contributed by atoms with E-state index in [4.69, 9.17) is 11.6 Å². The molecule has 0 saturated carbocycles. The number of benzene rings is 1. The standard InChI is InChI=1S/C12H13ClN2/c1-2-3-8-11-14-10-7-5-4-6-9(10)12(13)15-11/h4-7H,2-3,8H2,1H3. The molecule has 0 N–H and O–H groups in total. The van der Waals surface area contributed by atoms with Crippen molar-refractivity contribution in [3.05, 3.63) is 35.2 Å². The smallest absolute Gasteiger partial charge is 0.140 e. The molecular formula is C12H13ClN2. The maximum atomic E-state index is 6.09. The van der Waals surface area contributed by atoms with E-state index >= 15 is 0 Å². The van der Waals surface area contributed by atoms with E-state index in [0.717, 1.165) is 36.0 Å². The summed E-state index contributed by atoms with van der Waals surface area (Å²) in [6, 6.07) is 7.83. The zero-order chi connectivity index (χ0) is 10.7. The molecule has 0 bridgehead atoms. The van der Waals surface area contributed by atoms with Crippen LogP contribution in [-0.2, 0) is 6.42 Å². The minimum atomic E-state index is 0.562. The van der Waals surface area contributed by atoms with Gasteiger partial charge in [0.15, 0.2) is 0 Å². The Balaban J connectivity index is 2.43. The number of aromatic nitrogens is 2. The number of hydrogen-bond donors (Lipinski definition) is 0. The van der Waals surface area contributed by atoms with Gasteiger partial charge < -0.3 is 0 Å². The first-order chi connectivity index (χ1) is 7.31. The predicted octanol–water partition coefficient (Wildman–Crippen LogP) is 3.63. The highest BCUT2D eigenvalue weighted by Gasteiger charge is 2.04. The predicted molar refractivity (Wildman–Crippen MR) is 63.2 cm³/mol. The second-order valence-corrected chi connectivity index (χ2v) is 3.91. The van der Waals surface area contributed by atoms with Crippen LogP contribution >= 0.6 is 11.6 Å². The van der Waals surface area contributed by atoms with Crippen LogP contribution in [0.2, 0.25) is 5.15 Å². The fraction of sp³-hybridized carbons (Fsp3) is 0.333. The van der Waals surface area contributed by atoms with E-state index in [1.165, 1.54) is 0 Å². The third-order valence-electron chi connectivity index (χ3n) is 2.36. The van der Waals surface area contributed by atoms with Gasteiger partial charge >= 0.3 is 0 Å². The molecule has 0 radical (unpaired) electrons. The summed E-state index contributed by atoms with van der Waals surface area (Å²) in [6.45, 7) is 2.16. The van der Waals surface area contributed by atoms with Crippen LogP contribution in [0.4, 0.5) is 0 Å². The Bertz CT molecular complexity index is 468. The molecule has 0 aliphatic heterocycles. The largest absolute Gasteiger partial charge is 0.233 e. The van der Waals surface area contributed by atoms with Gasteiger partial charge in [0.25, 0.3) is 0 Å². The van der Waals surface area contributed by atoms with E-state index in [-0.39, 0.29) is 0 Å². The number of unbranched alkanes of at least 4 members (excludes halogenated alkanes) is 1. The van der Waals surface area contributed by atoms with Crippen LogP contribution in [0.3, 0.4) is 0 Å². The average molecular weight is 221 g/mol. The summed E-state index contributed by atoms with van der Waals surface area (Å²) in [5.41, 5.74) is 0.934. The SMILES string of the molecule is CCCCc1nc(Cl)c2ccccc2n1. The van der Waals surface area contributed by atoms with Crippen LogP contribution in [0.15, 0.2) is 24.3 Å². The van der Waals surface area contributed by atoms with Crippen LogP contribution in [-0.4, -0.2) is 9.97 Å². The first-order valence-electron chi connectivity index (χ1n) is 5.22. The molecule has 0 atom stereocenters. The van der Waals surface area contributed by atoms with Crippen LogP contribution in [0.5, 0.6) is 0 Å². The molecule has 78 valence electrons. The molecule has 0 unspecified atom stereocenters. The lowest BCUT2D eigenvalue weighted by atomic mass is 10.2. The number of fused-ring (bicyclic) bond motifs is 1. The molecule has 2 nitrogen and oxygen atoms in total. The van der Waals surface area contributed by atoms with E-state index in [1.807, 2.05) is 24.3 Å². The van der Waals surface area contributed by atoms with E-state index in [9.17, 15) is 0 Å². The Hall–Kier alpha value is -1.15. The van der Waals surface area contributed by atoms with E-state index in [1.54, 1.807) is 0 Å². The molecule has 2 rings (SSSR count). The van der Waals surface area contributed by atoms with E-state index < -0.39 is 0 Å². The molecule has 2 aromatic rings. The molecule has 3 heteroatoms. The quantitative estimate of drug-likeness (QED) is 0.739. The average Bonchev–Trinajstić information content (AvgIpc) is 2.26. The first kappa shape index (κ1) is 10.4. The highest BCUT2D eigenvalue weighted by Crippen LogP contribution is 2.20. The van der Waals surface area contributed by atoms with Crippen molar-refractivity contribution in [1.29, 1.82) is 0 Å². The summed E-state index contributed by atoms with van der Waals surface area (Å²) in [4.78, 5) is 8.77. The molecular weight excluding hydrogens is 208 g/mol. The van der Waals surface area contributed by atoms with Gasteiger partial charge in [-0.25, -0.2) is 9.97 Å². The lowest BCUT2D eigenvalue weighted by Crippen LogP contribution is -1.96. The van der Waals surface area contributed by atoms with Crippen LogP contribution < -0.4 is 0 Å². The Morgan fingerprint density at radius 2 is 2.00 bits per heavy atom. The zero-order valence-electron chi connectivity index (χ0n) is 8.70. The second-order valence-electron chi connectivity index (χ2n) is 3.55. The highest BCUT2D eigenvalue weighted by molar-refractivity contribution is 6.34. The lowest BCUT2D eigenvalue weighted by Gasteiger charge is -2.03. The van der Waals surface area contributed by atoms with Gasteiger partial charge in [-0.15, -0.1) is 0 Å². The van der Waals surface area contributed by atoms with Gasteiger partial charge in [0, 0.05) is 11.8 Å². The van der Waals surface area contributed by atoms with Gasteiger partial charge in [0.2, 0.25) is 0 Å². The molecule has 0 aliphatic carbocycles. The van der Waals surface area contributed by atoms with Crippen molar-refractivity contribution in [3.63, 3.8) is 0 Å². The molecule has 1 aromatic heterocycles. The van der Waals surface area contributed by atoms with Crippen molar-refractivity contribution in [1.82, 2.24) is 9.97 Å². The summed E-state index contributed by atoms with van der Waals surface area (Å²) in [7, 11) is 0. The second kappa shape index (κ2) is 4.58. The summed E-state index contributed by atoms with van der Waals surface area (Å²) in [6.07, 6.45) is 3.16. The van der Waals surface area contributed by atoms with Crippen molar-refractivity contribution < 1.29 is 0 Å². The summed E-state index contributed by atoms with van der Waals surface area (Å²) in [5.74, 6) is 0.848. The number of halogens is 1. The van der Waals surface area contributed by atoms with Crippen LogP contribution in [0.25, 0.3) is 10.9 Å². The Morgan fingerprint density at radius 1 is 1.20 bits per heavy atom. The van der Waals surface area contributed by atoms with Crippen molar-refractivity contribution >= 4 is 22.5 Å². The third-order valence-corrected chi connectivity index (χ3v) is 2.65. The minimum absolute atomic E-state index is 0.562. The van der Waals surface area contributed by atoms with Crippen LogP contribution in [0, 0.1) is 0 Å². The van der Waals surface area contributed by atoms with Gasteiger partial charge in [-0.2, -0.15) is 0 Å². The Kier molecular flexibility index (Phi) is 3.17. The maximum absolute atomic E-state index is 6.09. The number of para-hydroxylation sites is 1. The summed E-state index contributed by atoms with van der Waals surface area (Å²) in [5, 5.41) is 1.49. The summed E-state index contributed by atoms with van der Waals surface area (Å²) >= 11 is 6.09. The lowest BCUT2D eigenvalue weighted by molar-refractivity contribution is 0.757. The molecule has 0 spiro atoms. The number of rotatable bonds is 3. The first-order valence-corrected chi connectivity index (χ1v) is 5.60. The fourth-order valence-electron chi connectivity index (χ4n) is 1.53. The van der Waals surface area contributed by atoms with Gasteiger partial charge in [-0.3, -0.25) is 0 Å². The molecule has 0 fully saturated rings. The zero-order valence-corrected chi connectivity index (χ0v) is 9.46. The number of nitrogens with zero attached hydrogens (tertiary/aromatic N) is 2. The number of aryl methyl sites for hydroxylation is 1. The van der Waals surface area contributed by atoms with E-state index in [2.05, 4.69) is 16.9 Å². The topological polar surface area (TPSA) is 25.8 Å². The third kappa shape index (κ3) is 2.26. The normalized spacial score (nSPS) is 10.8. The van der Waals surface area contributed by atoms with Gasteiger partial charge in [0.1, 0.15) is 11.0 Å². The number of hydrogen-bond acceptors (Lipinski definition) is 2. The minimum Gasteiger partial charge on any atom is -0.233 e. The van der Waals surface area contributed by atoms with Crippen molar-refractivity contribution in [2.45, 2.75) is 26.2 Å². The van der Waals surface area contributed by atoms with Crippen molar-refractivity contribution in [3.8, 4) is 0 Å².